The molecule has 0 spiro atoms. The number of hydrogen-bond acceptors (Lipinski definition) is 2. The number of hydrogen-bond donors (Lipinski definition) is 2. The number of para-hydroxylation sites is 1. The molecule has 0 fully saturated rings. The molecule has 4 nitrogen and oxygen atoms in total. The fourth-order valence-corrected chi connectivity index (χ4v) is 3.08. The van der Waals surface area contributed by atoms with Gasteiger partial charge in [0.05, 0.1) is 6.42 Å². The van der Waals surface area contributed by atoms with E-state index in [9.17, 15) is 9.59 Å². The van der Waals surface area contributed by atoms with Crippen LogP contribution in [0.4, 0.5) is 0 Å². The van der Waals surface area contributed by atoms with Gasteiger partial charge in [-0.2, -0.15) is 0 Å². The third kappa shape index (κ3) is 4.28. The maximum absolute atomic E-state index is 12.3. The quantitative estimate of drug-likeness (QED) is 0.737. The lowest BCUT2D eigenvalue weighted by atomic mass is 10.1. The van der Waals surface area contributed by atoms with Crippen molar-refractivity contribution in [2.45, 2.75) is 25.8 Å². The van der Waals surface area contributed by atoms with E-state index in [1.807, 2.05) is 55.5 Å². The van der Waals surface area contributed by atoms with E-state index in [-0.39, 0.29) is 23.9 Å². The second-order valence-corrected chi connectivity index (χ2v) is 6.56. The van der Waals surface area contributed by atoms with Crippen molar-refractivity contribution in [3.63, 3.8) is 0 Å². The highest BCUT2D eigenvalue weighted by atomic mass is 35.5. The summed E-state index contributed by atoms with van der Waals surface area (Å²) in [6, 6.07) is 16.8. The van der Waals surface area contributed by atoms with E-state index < -0.39 is 0 Å². The van der Waals surface area contributed by atoms with Gasteiger partial charge in [-0.3, -0.25) is 9.59 Å². The number of amides is 1. The Morgan fingerprint density at radius 1 is 1.12 bits per heavy atom. The Bertz CT molecular complexity index is 965. The molecule has 0 saturated carbocycles. The van der Waals surface area contributed by atoms with Crippen LogP contribution in [0.3, 0.4) is 0 Å². The average molecular weight is 355 g/mol. The molecule has 0 saturated heterocycles. The van der Waals surface area contributed by atoms with E-state index in [2.05, 4.69) is 10.3 Å². The molecule has 1 atom stereocenters. The van der Waals surface area contributed by atoms with E-state index in [1.165, 1.54) is 0 Å². The van der Waals surface area contributed by atoms with Gasteiger partial charge in [-0.25, -0.2) is 0 Å². The van der Waals surface area contributed by atoms with Crippen molar-refractivity contribution in [1.29, 1.82) is 0 Å². The highest BCUT2D eigenvalue weighted by Gasteiger charge is 2.12. The molecule has 1 amide bonds. The largest absolute Gasteiger partial charge is 0.353 e. The van der Waals surface area contributed by atoms with Gasteiger partial charge in [-0.05, 0) is 42.5 Å². The first-order chi connectivity index (χ1) is 12.0. The molecule has 3 rings (SSSR count). The van der Waals surface area contributed by atoms with Crippen LogP contribution in [0.25, 0.3) is 10.9 Å². The van der Waals surface area contributed by atoms with E-state index in [4.69, 9.17) is 11.6 Å². The standard InChI is InChI=1S/C20H19ClN2O2/c1-13(10-14-6-2-4-8-17(14)21)22-19(24)12-16-11-15-7-3-5-9-18(15)23-20(16)25/h2-9,11,13H,10,12H2,1H3,(H,22,24)(H,23,25)/t13-/m0/s1. The first-order valence-corrected chi connectivity index (χ1v) is 8.54. The molecule has 5 heteroatoms. The summed E-state index contributed by atoms with van der Waals surface area (Å²) in [6.45, 7) is 1.92. The van der Waals surface area contributed by atoms with Crippen molar-refractivity contribution in [1.82, 2.24) is 10.3 Å². The fraction of sp³-hybridized carbons (Fsp3) is 0.200. The van der Waals surface area contributed by atoms with Crippen LogP contribution in [0, 0.1) is 0 Å². The van der Waals surface area contributed by atoms with Crippen molar-refractivity contribution in [2.24, 2.45) is 0 Å². The number of H-pyrrole nitrogens is 1. The number of aromatic nitrogens is 1. The van der Waals surface area contributed by atoms with Crippen LogP contribution in [0.2, 0.25) is 5.02 Å². The normalized spacial score (nSPS) is 12.1. The van der Waals surface area contributed by atoms with Crippen LogP contribution in [0.5, 0.6) is 0 Å². The monoisotopic (exact) mass is 354 g/mol. The Balaban J connectivity index is 1.67. The zero-order valence-electron chi connectivity index (χ0n) is 13.9. The minimum Gasteiger partial charge on any atom is -0.353 e. The molecule has 0 unspecified atom stereocenters. The third-order valence-electron chi connectivity index (χ3n) is 4.07. The molecule has 0 bridgehead atoms. The number of nitrogens with one attached hydrogen (secondary N) is 2. The Kier molecular flexibility index (Phi) is 5.19. The summed E-state index contributed by atoms with van der Waals surface area (Å²) in [4.78, 5) is 27.2. The van der Waals surface area contributed by atoms with Gasteiger partial charge in [0.2, 0.25) is 5.91 Å². The average Bonchev–Trinajstić information content (AvgIpc) is 2.57. The molecule has 0 aliphatic carbocycles. The topological polar surface area (TPSA) is 62.0 Å². The summed E-state index contributed by atoms with van der Waals surface area (Å²) in [6.07, 6.45) is 0.687. The van der Waals surface area contributed by atoms with Crippen molar-refractivity contribution in [3.05, 3.63) is 81.1 Å². The second kappa shape index (κ2) is 7.53. The van der Waals surface area contributed by atoms with Gasteiger partial charge in [-0.1, -0.05) is 48.0 Å². The molecule has 0 aliphatic rings. The number of fused-ring (bicyclic) bond motifs is 1. The van der Waals surface area contributed by atoms with Gasteiger partial charge in [0.1, 0.15) is 0 Å². The first-order valence-electron chi connectivity index (χ1n) is 8.16. The van der Waals surface area contributed by atoms with Gasteiger partial charge in [-0.15, -0.1) is 0 Å². The van der Waals surface area contributed by atoms with Crippen LogP contribution in [0.1, 0.15) is 18.1 Å². The van der Waals surface area contributed by atoms with Gasteiger partial charge in [0, 0.05) is 22.1 Å². The lowest BCUT2D eigenvalue weighted by molar-refractivity contribution is -0.121. The molecule has 1 aromatic heterocycles. The minimum absolute atomic E-state index is 0.0486. The maximum atomic E-state index is 12.3. The summed E-state index contributed by atoms with van der Waals surface area (Å²) in [5.74, 6) is -0.180. The first kappa shape index (κ1) is 17.2. The zero-order valence-corrected chi connectivity index (χ0v) is 14.6. The second-order valence-electron chi connectivity index (χ2n) is 6.15. The van der Waals surface area contributed by atoms with Crippen LogP contribution < -0.4 is 10.9 Å². The highest BCUT2D eigenvalue weighted by Crippen LogP contribution is 2.16. The number of rotatable bonds is 5. The van der Waals surface area contributed by atoms with E-state index in [0.717, 1.165) is 16.5 Å². The van der Waals surface area contributed by atoms with Crippen LogP contribution in [-0.4, -0.2) is 16.9 Å². The number of pyridine rings is 1. The Labute approximate surface area is 150 Å². The summed E-state index contributed by atoms with van der Waals surface area (Å²) < 4.78 is 0. The smallest absolute Gasteiger partial charge is 0.252 e. The summed E-state index contributed by atoms with van der Waals surface area (Å²) in [5.41, 5.74) is 1.98. The van der Waals surface area contributed by atoms with Gasteiger partial charge < -0.3 is 10.3 Å². The Hall–Kier alpha value is -2.59. The van der Waals surface area contributed by atoms with E-state index in [0.29, 0.717) is 17.0 Å². The zero-order chi connectivity index (χ0) is 17.8. The molecule has 2 aromatic carbocycles. The van der Waals surface area contributed by atoms with Crippen molar-refractivity contribution >= 4 is 28.4 Å². The lowest BCUT2D eigenvalue weighted by Crippen LogP contribution is -2.36. The number of carbonyl (C=O) groups excluding carboxylic acids is 1. The minimum atomic E-state index is -0.229. The predicted octanol–water partition coefficient (Wildman–Crippen LogP) is 3.47. The highest BCUT2D eigenvalue weighted by molar-refractivity contribution is 6.31. The summed E-state index contributed by atoms with van der Waals surface area (Å²) >= 11 is 6.15. The number of carbonyl (C=O) groups is 1. The fourth-order valence-electron chi connectivity index (χ4n) is 2.87. The summed E-state index contributed by atoms with van der Waals surface area (Å²) in [5, 5.41) is 4.53. The maximum Gasteiger partial charge on any atom is 0.252 e. The molecule has 3 aromatic rings. The number of benzene rings is 2. The van der Waals surface area contributed by atoms with Gasteiger partial charge in [0.15, 0.2) is 0 Å². The van der Waals surface area contributed by atoms with Crippen molar-refractivity contribution in [2.75, 3.05) is 0 Å². The lowest BCUT2D eigenvalue weighted by Gasteiger charge is -2.15. The number of halogens is 1. The summed E-state index contributed by atoms with van der Waals surface area (Å²) in [7, 11) is 0. The Morgan fingerprint density at radius 3 is 2.64 bits per heavy atom. The van der Waals surface area contributed by atoms with Gasteiger partial charge in [0.25, 0.3) is 5.56 Å². The van der Waals surface area contributed by atoms with Gasteiger partial charge >= 0.3 is 0 Å². The molecular weight excluding hydrogens is 336 g/mol. The van der Waals surface area contributed by atoms with Crippen molar-refractivity contribution in [3.8, 4) is 0 Å². The number of aromatic amines is 1. The molecule has 1 heterocycles. The van der Waals surface area contributed by atoms with E-state index in [1.54, 1.807) is 6.07 Å². The molecule has 0 aliphatic heterocycles. The third-order valence-corrected chi connectivity index (χ3v) is 4.44. The van der Waals surface area contributed by atoms with Crippen LogP contribution in [-0.2, 0) is 17.6 Å². The van der Waals surface area contributed by atoms with Crippen LogP contribution >= 0.6 is 11.6 Å². The molecule has 25 heavy (non-hydrogen) atoms. The molecule has 0 radical (unpaired) electrons. The SMILES string of the molecule is C[C@@H](Cc1ccccc1Cl)NC(=O)Cc1cc2ccccc2[nH]c1=O. The molecule has 128 valence electrons. The molecule has 2 N–H and O–H groups in total. The molecular formula is C20H19ClN2O2. The predicted molar refractivity (Wildman–Crippen MR) is 101 cm³/mol. The van der Waals surface area contributed by atoms with Crippen molar-refractivity contribution < 1.29 is 4.79 Å². The van der Waals surface area contributed by atoms with E-state index >= 15 is 0 Å². The Morgan fingerprint density at radius 2 is 1.84 bits per heavy atom. The van der Waals surface area contributed by atoms with Crippen LogP contribution in [0.15, 0.2) is 59.4 Å².